The van der Waals surface area contributed by atoms with E-state index in [1.807, 2.05) is 44.2 Å². The fourth-order valence-corrected chi connectivity index (χ4v) is 4.00. The Balaban J connectivity index is 2.12. The van der Waals surface area contributed by atoms with Crippen LogP contribution in [0, 0.1) is 0 Å². The second kappa shape index (κ2) is 10.4. The lowest BCUT2D eigenvalue weighted by atomic mass is 10.1. The van der Waals surface area contributed by atoms with Crippen molar-refractivity contribution in [3.8, 4) is 0 Å². The number of benzene rings is 2. The maximum absolute atomic E-state index is 12.7. The number of nitrogens with one attached hydrogen (secondary N) is 2. The highest BCUT2D eigenvalue weighted by atomic mass is 32.2. The summed E-state index contributed by atoms with van der Waals surface area (Å²) in [5.74, 6) is -1.20. The van der Waals surface area contributed by atoms with Gasteiger partial charge in [-0.15, -0.1) is 0 Å². The van der Waals surface area contributed by atoms with E-state index in [9.17, 15) is 18.3 Å². The van der Waals surface area contributed by atoms with Gasteiger partial charge in [0.1, 0.15) is 0 Å². The van der Waals surface area contributed by atoms with E-state index < -0.39 is 22.0 Å². The molecule has 0 aliphatic carbocycles. The third-order valence-electron chi connectivity index (χ3n) is 4.25. The standard InChI is InChI=1S/C21H28N2O5S/c1-15(2)28-13-7-12-22-20-11-10-18(14-19(20)21(24)25)29(26,27)23-16(3)17-8-5-4-6-9-17/h4-6,8-11,14-16,22-23H,7,12-13H2,1-3H3,(H,24,25)/t16-/m1/s1. The molecule has 0 heterocycles. The van der Waals surface area contributed by atoms with Crippen LogP contribution in [-0.2, 0) is 14.8 Å². The maximum Gasteiger partial charge on any atom is 0.337 e. The highest BCUT2D eigenvalue weighted by molar-refractivity contribution is 7.89. The number of aromatic carboxylic acids is 1. The van der Waals surface area contributed by atoms with E-state index in [-0.39, 0.29) is 16.6 Å². The maximum atomic E-state index is 12.7. The van der Waals surface area contributed by atoms with Crippen LogP contribution in [0.2, 0.25) is 0 Å². The Labute approximate surface area is 172 Å². The Morgan fingerprint density at radius 3 is 2.41 bits per heavy atom. The van der Waals surface area contributed by atoms with Gasteiger partial charge in [0, 0.05) is 24.9 Å². The molecule has 0 unspecified atom stereocenters. The Hall–Kier alpha value is -2.42. The fourth-order valence-electron chi connectivity index (χ4n) is 2.75. The zero-order valence-electron chi connectivity index (χ0n) is 16.9. The number of ether oxygens (including phenoxy) is 1. The molecular formula is C21H28N2O5S. The van der Waals surface area contributed by atoms with Crippen LogP contribution in [0.1, 0.15) is 49.2 Å². The second-order valence-electron chi connectivity index (χ2n) is 6.97. The van der Waals surface area contributed by atoms with Crippen molar-refractivity contribution in [2.45, 2.75) is 44.2 Å². The number of anilines is 1. The van der Waals surface area contributed by atoms with Crippen LogP contribution in [0.3, 0.4) is 0 Å². The first kappa shape index (κ1) is 22.9. The van der Waals surface area contributed by atoms with E-state index in [2.05, 4.69) is 10.0 Å². The predicted molar refractivity (Wildman–Crippen MR) is 113 cm³/mol. The summed E-state index contributed by atoms with van der Waals surface area (Å²) < 4.78 is 33.5. The molecule has 0 aromatic heterocycles. The smallest absolute Gasteiger partial charge is 0.337 e. The molecule has 2 rings (SSSR count). The van der Waals surface area contributed by atoms with Crippen molar-refractivity contribution in [2.24, 2.45) is 0 Å². The van der Waals surface area contributed by atoms with Gasteiger partial charge in [-0.25, -0.2) is 17.9 Å². The summed E-state index contributed by atoms with van der Waals surface area (Å²) in [5, 5.41) is 12.5. The zero-order valence-corrected chi connectivity index (χ0v) is 17.7. The Bertz CT molecular complexity index is 914. The first-order chi connectivity index (χ1) is 13.7. The molecule has 0 saturated carbocycles. The number of carboxylic acids is 1. The summed E-state index contributed by atoms with van der Waals surface area (Å²) in [4.78, 5) is 11.6. The summed E-state index contributed by atoms with van der Waals surface area (Å²) in [6, 6.07) is 12.8. The molecule has 0 spiro atoms. The van der Waals surface area contributed by atoms with Gasteiger partial charge in [0.05, 0.1) is 16.6 Å². The van der Waals surface area contributed by atoms with Crippen molar-refractivity contribution in [1.82, 2.24) is 4.72 Å². The number of rotatable bonds is 11. The van der Waals surface area contributed by atoms with Crippen molar-refractivity contribution in [3.63, 3.8) is 0 Å². The van der Waals surface area contributed by atoms with Crippen molar-refractivity contribution in [1.29, 1.82) is 0 Å². The van der Waals surface area contributed by atoms with Crippen LogP contribution in [0.4, 0.5) is 5.69 Å². The molecule has 2 aromatic rings. The normalized spacial score (nSPS) is 12.7. The van der Waals surface area contributed by atoms with Gasteiger partial charge in [0.2, 0.25) is 10.0 Å². The molecule has 158 valence electrons. The summed E-state index contributed by atoms with van der Waals surface area (Å²) >= 11 is 0. The largest absolute Gasteiger partial charge is 0.478 e. The first-order valence-electron chi connectivity index (χ1n) is 9.51. The van der Waals surface area contributed by atoms with Gasteiger partial charge in [0.15, 0.2) is 0 Å². The molecule has 1 atom stereocenters. The minimum Gasteiger partial charge on any atom is -0.478 e. The average molecular weight is 421 g/mol. The van der Waals surface area contributed by atoms with Gasteiger partial charge >= 0.3 is 5.97 Å². The second-order valence-corrected chi connectivity index (χ2v) is 8.68. The zero-order chi connectivity index (χ0) is 21.4. The quantitative estimate of drug-likeness (QED) is 0.479. The lowest BCUT2D eigenvalue weighted by Gasteiger charge is -2.16. The number of carboxylic acid groups (broad SMARTS) is 1. The highest BCUT2D eigenvalue weighted by Crippen LogP contribution is 2.23. The van der Waals surface area contributed by atoms with Gasteiger partial charge in [-0.2, -0.15) is 0 Å². The van der Waals surface area contributed by atoms with Gasteiger partial charge in [-0.3, -0.25) is 0 Å². The van der Waals surface area contributed by atoms with Crippen LogP contribution in [0.25, 0.3) is 0 Å². The minimum atomic E-state index is -3.88. The SMILES string of the molecule is CC(C)OCCCNc1ccc(S(=O)(=O)N[C@H](C)c2ccccc2)cc1C(=O)O. The number of hydrogen-bond donors (Lipinski definition) is 3. The van der Waals surface area contributed by atoms with E-state index in [0.717, 1.165) is 5.56 Å². The highest BCUT2D eigenvalue weighted by Gasteiger charge is 2.21. The topological polar surface area (TPSA) is 105 Å². The van der Waals surface area contributed by atoms with E-state index in [4.69, 9.17) is 4.74 Å². The third-order valence-corrected chi connectivity index (χ3v) is 5.79. The van der Waals surface area contributed by atoms with Crippen molar-refractivity contribution in [2.75, 3.05) is 18.5 Å². The number of sulfonamides is 1. The summed E-state index contributed by atoms with van der Waals surface area (Å²) in [6.07, 6.45) is 0.841. The molecule has 0 bridgehead atoms. The molecule has 0 saturated heterocycles. The number of carbonyl (C=O) groups is 1. The first-order valence-corrected chi connectivity index (χ1v) is 11.0. The molecule has 0 amide bonds. The molecule has 0 aliphatic rings. The molecule has 29 heavy (non-hydrogen) atoms. The third kappa shape index (κ3) is 6.85. The van der Waals surface area contributed by atoms with Gasteiger partial charge in [0.25, 0.3) is 0 Å². The van der Waals surface area contributed by atoms with E-state index in [1.54, 1.807) is 6.92 Å². The average Bonchev–Trinajstić information content (AvgIpc) is 2.67. The van der Waals surface area contributed by atoms with Crippen LogP contribution < -0.4 is 10.0 Å². The van der Waals surface area contributed by atoms with Crippen LogP contribution in [-0.4, -0.2) is 38.7 Å². The summed E-state index contributed by atoms with van der Waals surface area (Å²) in [5.41, 5.74) is 1.10. The predicted octanol–water partition coefficient (Wildman–Crippen LogP) is 3.65. The number of hydrogen-bond acceptors (Lipinski definition) is 5. The van der Waals surface area contributed by atoms with Crippen molar-refractivity contribution >= 4 is 21.7 Å². The molecular weight excluding hydrogens is 392 g/mol. The Kier molecular flexibility index (Phi) is 8.19. The molecule has 3 N–H and O–H groups in total. The van der Waals surface area contributed by atoms with Gasteiger partial charge in [-0.1, -0.05) is 30.3 Å². The Morgan fingerprint density at radius 1 is 1.10 bits per heavy atom. The van der Waals surface area contributed by atoms with Gasteiger partial charge in [-0.05, 0) is 51.0 Å². The summed E-state index contributed by atoms with van der Waals surface area (Å²) in [7, 11) is -3.88. The Morgan fingerprint density at radius 2 is 1.79 bits per heavy atom. The fraction of sp³-hybridized carbons (Fsp3) is 0.381. The van der Waals surface area contributed by atoms with Gasteiger partial charge < -0.3 is 15.2 Å². The van der Waals surface area contributed by atoms with Crippen LogP contribution in [0.15, 0.2) is 53.4 Å². The van der Waals surface area contributed by atoms with E-state index in [1.165, 1.54) is 18.2 Å². The molecule has 0 fully saturated rings. The lowest BCUT2D eigenvalue weighted by Crippen LogP contribution is -2.27. The van der Waals surface area contributed by atoms with Crippen LogP contribution in [0.5, 0.6) is 0 Å². The lowest BCUT2D eigenvalue weighted by molar-refractivity contribution is 0.0697. The van der Waals surface area contributed by atoms with E-state index >= 15 is 0 Å². The molecule has 8 heteroatoms. The molecule has 0 aliphatic heterocycles. The van der Waals surface area contributed by atoms with Crippen molar-refractivity contribution < 1.29 is 23.1 Å². The van der Waals surface area contributed by atoms with Crippen LogP contribution >= 0.6 is 0 Å². The minimum absolute atomic E-state index is 0.0913. The van der Waals surface area contributed by atoms with Crippen molar-refractivity contribution in [3.05, 3.63) is 59.7 Å². The summed E-state index contributed by atoms with van der Waals surface area (Å²) in [6.45, 7) is 6.70. The molecule has 7 nitrogen and oxygen atoms in total. The van der Waals surface area contributed by atoms with E-state index in [0.29, 0.717) is 25.3 Å². The molecule has 0 radical (unpaired) electrons. The molecule has 2 aromatic carbocycles. The monoisotopic (exact) mass is 420 g/mol.